The zero-order valence-electron chi connectivity index (χ0n) is 14.0. The largest absolute Gasteiger partial charge is 0.478 e. The molecule has 0 bridgehead atoms. The molecule has 132 valence electrons. The number of carboxylic acids is 1. The lowest BCUT2D eigenvalue weighted by Crippen LogP contribution is -2.27. The predicted octanol–water partition coefficient (Wildman–Crippen LogP) is 4.23. The molecule has 0 aromatic rings. The Bertz CT molecular complexity index is 417. The molecule has 23 heavy (non-hydrogen) atoms. The summed E-state index contributed by atoms with van der Waals surface area (Å²) >= 11 is 0. The molecule has 0 aliphatic heterocycles. The molecular weight excluding hydrogens is 313 g/mol. The van der Waals surface area contributed by atoms with E-state index in [1.54, 1.807) is 6.08 Å². The van der Waals surface area contributed by atoms with Crippen LogP contribution in [0.15, 0.2) is 11.6 Å². The fourth-order valence-corrected chi connectivity index (χ4v) is 4.08. The van der Waals surface area contributed by atoms with Crippen molar-refractivity contribution in [3.63, 3.8) is 0 Å². The fraction of sp³-hybridized carbons (Fsp3) is 0.765. The first-order valence-corrected chi connectivity index (χ1v) is 9.96. The van der Waals surface area contributed by atoms with Crippen LogP contribution in [-0.4, -0.2) is 32.2 Å². The Hall–Kier alpha value is -0.770. The van der Waals surface area contributed by atoms with E-state index in [2.05, 4.69) is 6.92 Å². The minimum absolute atomic E-state index is 0.0157. The molecule has 1 rings (SSSR count). The van der Waals surface area contributed by atoms with Gasteiger partial charge in [-0.1, -0.05) is 57.9 Å². The molecule has 0 amide bonds. The molecular formula is C17H30NO4P. The van der Waals surface area contributed by atoms with Gasteiger partial charge in [-0.2, -0.15) is 0 Å². The Morgan fingerprint density at radius 3 is 2.43 bits per heavy atom. The third-order valence-electron chi connectivity index (χ3n) is 4.51. The summed E-state index contributed by atoms with van der Waals surface area (Å²) in [6, 6.07) is 0. The second kappa shape index (κ2) is 10.9. The summed E-state index contributed by atoms with van der Waals surface area (Å²) in [4.78, 5) is 30.9. The van der Waals surface area contributed by atoms with Crippen LogP contribution < -0.4 is 0 Å². The van der Waals surface area contributed by atoms with Gasteiger partial charge in [-0.3, -0.25) is 0 Å². The molecule has 6 heteroatoms. The van der Waals surface area contributed by atoms with Gasteiger partial charge in [-0.05, 0) is 25.2 Å². The van der Waals surface area contributed by atoms with E-state index in [4.69, 9.17) is 5.41 Å². The Kier molecular flexibility index (Phi) is 9.61. The van der Waals surface area contributed by atoms with Gasteiger partial charge in [0.25, 0.3) is 0 Å². The van der Waals surface area contributed by atoms with E-state index >= 15 is 0 Å². The SMILES string of the molecule is CCCCCC=C(C(=O)O)C(C(=N)CC1CCCCC1)P(O)O. The first-order chi connectivity index (χ1) is 11.0. The van der Waals surface area contributed by atoms with Crippen LogP contribution in [0.2, 0.25) is 0 Å². The van der Waals surface area contributed by atoms with Crippen LogP contribution in [-0.2, 0) is 4.79 Å². The van der Waals surface area contributed by atoms with Gasteiger partial charge in [0.15, 0.2) is 8.38 Å². The van der Waals surface area contributed by atoms with Gasteiger partial charge >= 0.3 is 5.97 Å². The number of carbonyl (C=O) groups is 1. The van der Waals surface area contributed by atoms with Crippen molar-refractivity contribution < 1.29 is 19.7 Å². The molecule has 1 fully saturated rings. The Morgan fingerprint density at radius 2 is 1.91 bits per heavy atom. The summed E-state index contributed by atoms with van der Waals surface area (Å²) in [5.74, 6) is -0.765. The van der Waals surface area contributed by atoms with Gasteiger partial charge in [0.1, 0.15) is 0 Å². The topological polar surface area (TPSA) is 102 Å². The van der Waals surface area contributed by atoms with Gasteiger partial charge in [-0.15, -0.1) is 0 Å². The highest BCUT2D eigenvalue weighted by atomic mass is 31.2. The third-order valence-corrected chi connectivity index (χ3v) is 5.56. The van der Waals surface area contributed by atoms with Crippen molar-refractivity contribution in [3.05, 3.63) is 11.6 Å². The molecule has 0 heterocycles. The number of allylic oxidation sites excluding steroid dienone is 1. The molecule has 0 aromatic heterocycles. The molecule has 0 saturated heterocycles. The van der Waals surface area contributed by atoms with Gasteiger partial charge in [0, 0.05) is 5.71 Å². The van der Waals surface area contributed by atoms with E-state index in [9.17, 15) is 19.7 Å². The lowest BCUT2D eigenvalue weighted by Gasteiger charge is -2.26. The van der Waals surface area contributed by atoms with Gasteiger partial charge < -0.3 is 20.3 Å². The molecule has 1 aliphatic rings. The van der Waals surface area contributed by atoms with Crippen molar-refractivity contribution >= 4 is 20.1 Å². The molecule has 0 radical (unpaired) electrons. The van der Waals surface area contributed by atoms with Crippen molar-refractivity contribution in [2.75, 3.05) is 0 Å². The zero-order chi connectivity index (χ0) is 17.2. The average Bonchev–Trinajstić information content (AvgIpc) is 2.50. The van der Waals surface area contributed by atoms with E-state index in [1.807, 2.05) is 0 Å². The zero-order valence-corrected chi connectivity index (χ0v) is 14.9. The summed E-state index contributed by atoms with van der Waals surface area (Å²) in [5, 5.41) is 17.7. The third kappa shape index (κ3) is 7.11. The van der Waals surface area contributed by atoms with Crippen molar-refractivity contribution in [1.29, 1.82) is 5.41 Å². The maximum absolute atomic E-state index is 11.5. The average molecular weight is 343 g/mol. The van der Waals surface area contributed by atoms with Crippen LogP contribution in [0, 0.1) is 11.3 Å². The molecule has 1 atom stereocenters. The number of nitrogens with one attached hydrogen (secondary N) is 1. The first kappa shape index (κ1) is 20.3. The van der Waals surface area contributed by atoms with Crippen LogP contribution in [0.4, 0.5) is 0 Å². The van der Waals surface area contributed by atoms with Crippen LogP contribution in [0.5, 0.6) is 0 Å². The summed E-state index contributed by atoms with van der Waals surface area (Å²) < 4.78 is 0. The number of aliphatic carboxylic acids is 1. The van der Waals surface area contributed by atoms with Crippen LogP contribution in [0.3, 0.4) is 0 Å². The monoisotopic (exact) mass is 343 g/mol. The van der Waals surface area contributed by atoms with Crippen LogP contribution in [0.1, 0.15) is 71.1 Å². The van der Waals surface area contributed by atoms with Crippen LogP contribution in [0.25, 0.3) is 0 Å². The van der Waals surface area contributed by atoms with E-state index in [0.717, 1.165) is 44.9 Å². The lowest BCUT2D eigenvalue weighted by molar-refractivity contribution is -0.132. The van der Waals surface area contributed by atoms with E-state index in [-0.39, 0.29) is 11.3 Å². The highest BCUT2D eigenvalue weighted by molar-refractivity contribution is 7.47. The predicted molar refractivity (Wildman–Crippen MR) is 93.9 cm³/mol. The molecule has 5 nitrogen and oxygen atoms in total. The highest BCUT2D eigenvalue weighted by Gasteiger charge is 2.32. The number of unbranched alkanes of at least 4 members (excludes halogenated alkanes) is 3. The summed E-state index contributed by atoms with van der Waals surface area (Å²) in [7, 11) is -2.50. The van der Waals surface area contributed by atoms with E-state index in [1.165, 1.54) is 6.42 Å². The summed E-state index contributed by atoms with van der Waals surface area (Å²) in [5.41, 5.74) is -0.902. The Balaban J connectivity index is 2.78. The summed E-state index contributed by atoms with van der Waals surface area (Å²) in [6.07, 6.45) is 11.2. The Morgan fingerprint density at radius 1 is 1.26 bits per heavy atom. The first-order valence-electron chi connectivity index (χ1n) is 8.65. The van der Waals surface area contributed by atoms with Crippen LogP contribution >= 0.6 is 8.38 Å². The number of hydrogen-bond donors (Lipinski definition) is 4. The molecule has 0 spiro atoms. The minimum Gasteiger partial charge on any atom is -0.478 e. The second-order valence-electron chi connectivity index (χ2n) is 6.42. The number of carboxylic acid groups (broad SMARTS) is 1. The molecule has 1 saturated carbocycles. The van der Waals surface area contributed by atoms with E-state index < -0.39 is 20.0 Å². The minimum atomic E-state index is -2.50. The van der Waals surface area contributed by atoms with E-state index in [0.29, 0.717) is 18.8 Å². The van der Waals surface area contributed by atoms with Gasteiger partial charge in [0.05, 0.1) is 11.2 Å². The Labute approximate surface area is 140 Å². The lowest BCUT2D eigenvalue weighted by atomic mass is 9.84. The maximum Gasteiger partial charge on any atom is 0.332 e. The number of hydrogen-bond acceptors (Lipinski definition) is 4. The molecule has 1 aliphatic carbocycles. The molecule has 1 unspecified atom stereocenters. The summed E-state index contributed by atoms with van der Waals surface area (Å²) in [6.45, 7) is 2.07. The fourth-order valence-electron chi connectivity index (χ4n) is 3.23. The standard InChI is InChI=1S/C17H30NO4P/c1-2-3-4-8-11-14(17(19)20)16(23(21)22)15(18)12-13-9-6-5-7-10-13/h11,13,16,18,21-22H,2-10,12H2,1H3,(H,19,20). The van der Waals surface area contributed by atoms with Gasteiger partial charge in [-0.25, -0.2) is 4.79 Å². The van der Waals surface area contributed by atoms with Crippen molar-refractivity contribution in [2.45, 2.75) is 76.8 Å². The number of rotatable bonds is 10. The van der Waals surface area contributed by atoms with Crippen molar-refractivity contribution in [1.82, 2.24) is 0 Å². The normalized spacial score (nSPS) is 18.2. The maximum atomic E-state index is 11.5. The highest BCUT2D eigenvalue weighted by Crippen LogP contribution is 2.39. The molecule has 4 N–H and O–H groups in total. The quantitative estimate of drug-likeness (QED) is 0.206. The molecule has 0 aromatic carbocycles. The smallest absolute Gasteiger partial charge is 0.332 e. The van der Waals surface area contributed by atoms with Crippen molar-refractivity contribution in [2.24, 2.45) is 5.92 Å². The second-order valence-corrected chi connectivity index (χ2v) is 7.57. The van der Waals surface area contributed by atoms with Crippen molar-refractivity contribution in [3.8, 4) is 0 Å². The van der Waals surface area contributed by atoms with Gasteiger partial charge in [0.2, 0.25) is 0 Å².